The zero-order valence-electron chi connectivity index (χ0n) is 16.7. The Hall–Kier alpha value is -3.60. The van der Waals surface area contributed by atoms with Gasteiger partial charge in [0.2, 0.25) is 0 Å². The number of benzene rings is 3. The molecular weight excluding hydrogens is 380 g/mol. The fourth-order valence-electron chi connectivity index (χ4n) is 3.73. The van der Waals surface area contributed by atoms with Gasteiger partial charge >= 0.3 is 12.1 Å². The van der Waals surface area contributed by atoms with Gasteiger partial charge in [-0.25, -0.2) is 9.59 Å². The van der Waals surface area contributed by atoms with Crippen LogP contribution in [0.3, 0.4) is 0 Å². The fourth-order valence-corrected chi connectivity index (χ4v) is 3.73. The minimum atomic E-state index is -0.765. The summed E-state index contributed by atoms with van der Waals surface area (Å²) < 4.78 is 11.4. The number of carbonyl (C=O) groups excluding carboxylic acids is 2. The lowest BCUT2D eigenvalue weighted by Gasteiger charge is -2.43. The molecule has 3 atom stereocenters. The van der Waals surface area contributed by atoms with E-state index in [4.69, 9.17) is 9.47 Å². The van der Waals surface area contributed by atoms with Crippen molar-refractivity contribution in [2.24, 2.45) is 0 Å². The average Bonchev–Trinajstić information content (AvgIpc) is 2.80. The molecular formula is C25H23NO4. The van der Waals surface area contributed by atoms with Gasteiger partial charge < -0.3 is 9.47 Å². The standard InChI is InChI=1S/C25H23NO4/c1-18-24(27)30-23(21-15-9-4-10-16-21)22(20-13-7-3-8-14-20)26(18)25(28)29-17-19-11-5-2-6-12-19/h2-16,18,22-23H,17H2,1H3/t18-,22-,23+/m0/s1/i18+1,24+1. The summed E-state index contributed by atoms with van der Waals surface area (Å²) in [5.74, 6) is -0.451. The van der Waals surface area contributed by atoms with Crippen molar-refractivity contribution in [1.29, 1.82) is 0 Å². The van der Waals surface area contributed by atoms with E-state index in [1.165, 1.54) is 4.90 Å². The lowest BCUT2D eigenvalue weighted by atomic mass is 9.94. The molecule has 0 radical (unpaired) electrons. The summed E-state index contributed by atoms with van der Waals surface area (Å²) in [4.78, 5) is 27.4. The average molecular weight is 403 g/mol. The van der Waals surface area contributed by atoms with E-state index in [1.54, 1.807) is 6.92 Å². The highest BCUT2D eigenvalue weighted by atomic mass is 16.7. The summed E-state index contributed by atoms with van der Waals surface area (Å²) in [6.07, 6.45) is -1.17. The van der Waals surface area contributed by atoms with Crippen LogP contribution in [0.1, 0.15) is 35.8 Å². The molecule has 152 valence electrons. The van der Waals surface area contributed by atoms with E-state index in [0.717, 1.165) is 16.7 Å². The topological polar surface area (TPSA) is 55.8 Å². The molecule has 4 rings (SSSR count). The van der Waals surface area contributed by atoms with Gasteiger partial charge in [0.1, 0.15) is 18.7 Å². The molecule has 0 bridgehead atoms. The first-order valence-corrected chi connectivity index (χ1v) is 9.94. The first-order chi connectivity index (χ1) is 14.6. The van der Waals surface area contributed by atoms with E-state index in [0.29, 0.717) is 0 Å². The summed E-state index contributed by atoms with van der Waals surface area (Å²) in [6.45, 7) is 1.80. The van der Waals surface area contributed by atoms with E-state index in [2.05, 4.69) is 0 Å². The lowest BCUT2D eigenvalue weighted by molar-refractivity contribution is -0.172. The van der Waals surface area contributed by atoms with Crippen molar-refractivity contribution >= 4 is 12.1 Å². The van der Waals surface area contributed by atoms with E-state index < -0.39 is 30.3 Å². The van der Waals surface area contributed by atoms with Gasteiger partial charge in [-0.3, -0.25) is 4.90 Å². The molecule has 0 saturated carbocycles. The summed E-state index contributed by atoms with van der Waals surface area (Å²) in [7, 11) is 0. The predicted octanol–water partition coefficient (Wildman–Crippen LogP) is 5.05. The van der Waals surface area contributed by atoms with Gasteiger partial charge in [0.05, 0.1) is 0 Å². The monoisotopic (exact) mass is 403 g/mol. The van der Waals surface area contributed by atoms with Crippen LogP contribution in [0.2, 0.25) is 0 Å². The summed E-state index contributed by atoms with van der Waals surface area (Å²) in [5, 5.41) is 0. The highest BCUT2D eigenvalue weighted by Gasteiger charge is 2.46. The zero-order chi connectivity index (χ0) is 20.9. The molecule has 0 unspecified atom stereocenters. The minimum absolute atomic E-state index is 0.134. The molecule has 3 aromatic rings. The number of amides is 1. The van der Waals surface area contributed by atoms with Crippen molar-refractivity contribution in [3.8, 4) is 0 Å². The maximum absolute atomic E-state index is 13.2. The predicted molar refractivity (Wildman–Crippen MR) is 112 cm³/mol. The second-order valence-corrected chi connectivity index (χ2v) is 7.25. The highest BCUT2D eigenvalue weighted by molar-refractivity contribution is 5.83. The molecule has 0 spiro atoms. The maximum atomic E-state index is 13.2. The summed E-state index contributed by atoms with van der Waals surface area (Å²) in [6, 6.07) is 27.3. The van der Waals surface area contributed by atoms with Crippen LogP contribution in [0.5, 0.6) is 0 Å². The Morgan fingerprint density at radius 2 is 1.40 bits per heavy atom. The molecule has 5 heteroatoms. The molecule has 30 heavy (non-hydrogen) atoms. The first-order valence-electron chi connectivity index (χ1n) is 9.94. The van der Waals surface area contributed by atoms with Crippen molar-refractivity contribution in [1.82, 2.24) is 4.90 Å². The molecule has 1 aliphatic rings. The number of esters is 1. The second-order valence-electron chi connectivity index (χ2n) is 7.25. The molecule has 1 saturated heterocycles. The normalized spacial score (nSPS) is 21.0. The molecule has 0 N–H and O–H groups in total. The number of cyclic esters (lactones) is 1. The number of ether oxygens (including phenoxy) is 2. The summed E-state index contributed by atoms with van der Waals surface area (Å²) in [5.41, 5.74) is 2.59. The Bertz CT molecular complexity index is 991. The van der Waals surface area contributed by atoms with Gasteiger partial charge in [-0.05, 0) is 23.6 Å². The molecule has 1 fully saturated rings. The number of hydrogen-bond acceptors (Lipinski definition) is 4. The van der Waals surface area contributed by atoms with Crippen molar-refractivity contribution in [2.75, 3.05) is 0 Å². The molecule has 0 aliphatic carbocycles. The van der Waals surface area contributed by atoms with Gasteiger partial charge in [0, 0.05) is 0 Å². The van der Waals surface area contributed by atoms with Crippen molar-refractivity contribution in [3.63, 3.8) is 0 Å². The Kier molecular flexibility index (Phi) is 5.80. The van der Waals surface area contributed by atoms with Gasteiger partial charge in [-0.15, -0.1) is 0 Å². The van der Waals surface area contributed by atoms with E-state index in [-0.39, 0.29) is 6.61 Å². The van der Waals surface area contributed by atoms with E-state index in [1.807, 2.05) is 91.0 Å². The zero-order valence-corrected chi connectivity index (χ0v) is 16.7. The Morgan fingerprint density at radius 3 is 2.00 bits per heavy atom. The third-order valence-corrected chi connectivity index (χ3v) is 5.27. The number of hydrogen-bond donors (Lipinski definition) is 0. The van der Waals surface area contributed by atoms with Gasteiger partial charge in [0.15, 0.2) is 6.10 Å². The SMILES string of the molecule is C[13C@H]1[13C](=O)O[C@H](c2ccccc2)[C@H](c2ccccc2)N1C(=O)OCc1ccccc1. The highest BCUT2D eigenvalue weighted by Crippen LogP contribution is 2.42. The third kappa shape index (κ3) is 4.06. The fraction of sp³-hybridized carbons (Fsp3) is 0.200. The molecule has 1 amide bonds. The Labute approximate surface area is 175 Å². The lowest BCUT2D eigenvalue weighted by Crippen LogP contribution is -2.53. The van der Waals surface area contributed by atoms with Crippen LogP contribution in [0.4, 0.5) is 4.79 Å². The molecule has 3 aromatic carbocycles. The minimum Gasteiger partial charge on any atom is -0.453 e. The van der Waals surface area contributed by atoms with E-state index in [9.17, 15) is 9.59 Å². The van der Waals surface area contributed by atoms with Crippen LogP contribution in [0.15, 0.2) is 91.0 Å². The van der Waals surface area contributed by atoms with Gasteiger partial charge in [-0.1, -0.05) is 91.0 Å². The van der Waals surface area contributed by atoms with Crippen LogP contribution in [0, 0.1) is 0 Å². The molecule has 1 aliphatic heterocycles. The van der Waals surface area contributed by atoms with Crippen LogP contribution in [0.25, 0.3) is 0 Å². The maximum Gasteiger partial charge on any atom is 0.411 e. The van der Waals surface area contributed by atoms with Gasteiger partial charge in [0.25, 0.3) is 0 Å². The number of rotatable bonds is 4. The quantitative estimate of drug-likeness (QED) is 0.452. The van der Waals surface area contributed by atoms with Crippen molar-refractivity contribution in [2.45, 2.75) is 31.7 Å². The summed E-state index contributed by atoms with van der Waals surface area (Å²) >= 11 is 0. The second kappa shape index (κ2) is 8.82. The van der Waals surface area contributed by atoms with Crippen molar-refractivity contribution in [3.05, 3.63) is 108 Å². The Morgan fingerprint density at radius 1 is 0.867 bits per heavy atom. The van der Waals surface area contributed by atoms with E-state index >= 15 is 0 Å². The van der Waals surface area contributed by atoms with Crippen molar-refractivity contribution < 1.29 is 19.1 Å². The van der Waals surface area contributed by atoms with Crippen LogP contribution in [-0.2, 0) is 20.9 Å². The van der Waals surface area contributed by atoms with Crippen LogP contribution in [-0.4, -0.2) is 23.0 Å². The van der Waals surface area contributed by atoms with Crippen LogP contribution >= 0.6 is 0 Å². The number of morpholine rings is 1. The van der Waals surface area contributed by atoms with Crippen LogP contribution < -0.4 is 0 Å². The smallest absolute Gasteiger partial charge is 0.411 e. The largest absolute Gasteiger partial charge is 0.453 e. The molecule has 5 nitrogen and oxygen atoms in total. The molecule has 1 heterocycles. The van der Waals surface area contributed by atoms with Gasteiger partial charge in [-0.2, -0.15) is 0 Å². The number of carbonyl (C=O) groups is 2. The Balaban J connectivity index is 1.69. The number of nitrogens with zero attached hydrogens (tertiary/aromatic N) is 1. The third-order valence-electron chi connectivity index (χ3n) is 5.27. The first kappa shape index (κ1) is 19.7. The molecule has 0 aromatic heterocycles.